The number of nitrogens with zero attached hydrogens (tertiary/aromatic N) is 2. The third-order valence-electron chi connectivity index (χ3n) is 7.78. The fourth-order valence-electron chi connectivity index (χ4n) is 5.95. The van der Waals surface area contributed by atoms with Gasteiger partial charge in [-0.05, 0) is 55.9 Å². The van der Waals surface area contributed by atoms with E-state index in [-0.39, 0.29) is 11.3 Å². The van der Waals surface area contributed by atoms with E-state index in [2.05, 4.69) is 57.9 Å². The summed E-state index contributed by atoms with van der Waals surface area (Å²) in [6.07, 6.45) is 6.89. The number of hydroxylamine groups is 2. The molecule has 36 heavy (non-hydrogen) atoms. The first kappa shape index (κ1) is 26.4. The van der Waals surface area contributed by atoms with Gasteiger partial charge >= 0.3 is 0 Å². The number of piperidine rings is 1. The maximum atomic E-state index is 14.4. The molecule has 3 aliphatic heterocycles. The second-order valence-corrected chi connectivity index (χ2v) is 10.8. The van der Waals surface area contributed by atoms with Crippen molar-refractivity contribution in [3.63, 3.8) is 0 Å². The van der Waals surface area contributed by atoms with E-state index in [4.69, 9.17) is 14.3 Å². The van der Waals surface area contributed by atoms with Gasteiger partial charge in [-0.3, -0.25) is 4.79 Å². The number of ether oxygens (including phenoxy) is 2. The van der Waals surface area contributed by atoms with Crippen LogP contribution in [0.5, 0.6) is 0 Å². The molecule has 2 fully saturated rings. The molecule has 0 atom stereocenters. The van der Waals surface area contributed by atoms with Crippen LogP contribution in [0.1, 0.15) is 42.0 Å². The van der Waals surface area contributed by atoms with Crippen molar-refractivity contribution in [1.29, 1.82) is 0 Å². The summed E-state index contributed by atoms with van der Waals surface area (Å²) in [7, 11) is 1.70. The Kier molecular flexibility index (Phi) is 7.60. The average molecular weight is 493 g/mol. The fraction of sp³-hybridized carbons (Fsp3) is 0.500. The molecule has 0 unspecified atom stereocenters. The van der Waals surface area contributed by atoms with Gasteiger partial charge in [0, 0.05) is 25.0 Å². The summed E-state index contributed by atoms with van der Waals surface area (Å²) in [5.74, 6) is 0.825. The van der Waals surface area contributed by atoms with Crippen molar-refractivity contribution in [3.05, 3.63) is 77.1 Å². The van der Waals surface area contributed by atoms with Crippen LogP contribution in [-0.4, -0.2) is 68.0 Å². The number of hydrogen-bond acceptors (Lipinski definition) is 5. The second kappa shape index (κ2) is 10.4. The molecule has 3 heterocycles. The molecule has 1 spiro atoms. The van der Waals surface area contributed by atoms with Gasteiger partial charge in [-0.2, -0.15) is 5.06 Å². The van der Waals surface area contributed by atoms with Crippen LogP contribution < -0.4 is 0 Å². The molecule has 0 aliphatic carbocycles. The van der Waals surface area contributed by atoms with E-state index >= 15 is 0 Å². The minimum absolute atomic E-state index is 0.0481. The van der Waals surface area contributed by atoms with Crippen molar-refractivity contribution in [2.75, 3.05) is 46.6 Å². The van der Waals surface area contributed by atoms with E-state index in [1.165, 1.54) is 5.56 Å². The predicted molar refractivity (Wildman–Crippen MR) is 143 cm³/mol. The first-order valence-electron chi connectivity index (χ1n) is 12.8. The summed E-state index contributed by atoms with van der Waals surface area (Å²) in [5, 5.41) is 1.97. The molecule has 0 N–H and O–H groups in total. The lowest BCUT2D eigenvalue weighted by atomic mass is 9.81. The number of rotatable bonds is 9. The smallest absolute Gasteiger partial charge is 0.258 e. The van der Waals surface area contributed by atoms with Crippen LogP contribution in [-0.2, 0) is 19.1 Å². The largest absolute Gasteiger partial charge is 0.490 e. The van der Waals surface area contributed by atoms with E-state index in [9.17, 15) is 4.79 Å². The molecule has 0 bridgehead atoms. The molecule has 0 aromatic heterocycles. The Balaban J connectivity index is 1.88. The fourth-order valence-corrected chi connectivity index (χ4v) is 5.95. The van der Waals surface area contributed by atoms with Gasteiger partial charge in [-0.15, -0.1) is 0 Å². The van der Waals surface area contributed by atoms with Crippen LogP contribution in [0.3, 0.4) is 0 Å². The van der Waals surface area contributed by atoms with Crippen LogP contribution in [0.2, 0.25) is 0 Å². The van der Waals surface area contributed by atoms with E-state index in [1.807, 2.05) is 11.1 Å². The van der Waals surface area contributed by atoms with Gasteiger partial charge in [0.15, 0.2) is 0 Å². The van der Waals surface area contributed by atoms with Crippen molar-refractivity contribution in [1.82, 2.24) is 9.96 Å². The zero-order valence-electron chi connectivity index (χ0n) is 22.5. The Labute approximate surface area is 215 Å². The third-order valence-corrected chi connectivity index (χ3v) is 7.78. The van der Waals surface area contributed by atoms with Gasteiger partial charge in [0.2, 0.25) is 0 Å². The highest BCUT2D eigenvalue weighted by atomic mass is 16.7. The Bertz CT molecular complexity index is 1080. The maximum absolute atomic E-state index is 14.4. The second-order valence-electron chi connectivity index (χ2n) is 10.8. The topological polar surface area (TPSA) is 51.2 Å². The Morgan fingerprint density at radius 2 is 1.78 bits per heavy atom. The van der Waals surface area contributed by atoms with E-state index < -0.39 is 5.54 Å². The molecule has 1 amide bonds. The summed E-state index contributed by atoms with van der Waals surface area (Å²) in [4.78, 5) is 22.1. The summed E-state index contributed by atoms with van der Waals surface area (Å²) >= 11 is 0. The molecule has 4 rings (SSSR count). The molecule has 1 aromatic carbocycles. The molecular weight excluding hydrogens is 452 g/mol. The van der Waals surface area contributed by atoms with Crippen LogP contribution in [0, 0.1) is 26.2 Å². The first-order valence-corrected chi connectivity index (χ1v) is 12.8. The first-order chi connectivity index (χ1) is 17.2. The van der Waals surface area contributed by atoms with Gasteiger partial charge in [0.05, 0.1) is 25.9 Å². The van der Waals surface area contributed by atoms with Crippen LogP contribution in [0.15, 0.2) is 54.9 Å². The molecule has 194 valence electrons. The van der Waals surface area contributed by atoms with Crippen LogP contribution in [0.4, 0.5) is 0 Å². The minimum atomic E-state index is -0.537. The molecule has 3 aliphatic rings. The van der Waals surface area contributed by atoms with Crippen molar-refractivity contribution >= 4 is 11.5 Å². The summed E-state index contributed by atoms with van der Waals surface area (Å²) in [6.45, 7) is 19.9. The summed E-state index contributed by atoms with van der Waals surface area (Å²) < 4.78 is 12.2. The van der Waals surface area contributed by atoms with Crippen molar-refractivity contribution < 1.29 is 19.1 Å². The van der Waals surface area contributed by atoms with Gasteiger partial charge < -0.3 is 19.2 Å². The molecule has 1 aromatic rings. The van der Waals surface area contributed by atoms with Crippen LogP contribution >= 0.6 is 0 Å². The normalized spacial score (nSPS) is 21.6. The number of carbonyl (C=O) groups is 1. The number of aryl methyl sites for hydroxylation is 3. The number of allylic oxidation sites excluding steroid dienone is 2. The Hall–Kier alpha value is -2.67. The third kappa shape index (κ3) is 4.70. The zero-order valence-corrected chi connectivity index (χ0v) is 22.5. The number of carbonyl (C=O) groups excluding carboxylic acids is 1. The predicted octanol–water partition coefficient (Wildman–Crippen LogP) is 4.91. The number of benzene rings is 1. The van der Waals surface area contributed by atoms with Crippen molar-refractivity contribution in [3.8, 4) is 0 Å². The average Bonchev–Trinajstić information content (AvgIpc) is 3.03. The van der Waals surface area contributed by atoms with Crippen LogP contribution in [0.25, 0.3) is 5.57 Å². The minimum Gasteiger partial charge on any atom is -0.490 e. The summed E-state index contributed by atoms with van der Waals surface area (Å²) in [5.41, 5.74) is 5.37. The van der Waals surface area contributed by atoms with E-state index in [0.717, 1.165) is 54.0 Å². The lowest BCUT2D eigenvalue weighted by Crippen LogP contribution is -2.60. The molecular formula is C30H40N2O4. The quantitative estimate of drug-likeness (QED) is 0.459. The van der Waals surface area contributed by atoms with Gasteiger partial charge in [-0.1, -0.05) is 56.0 Å². The highest BCUT2D eigenvalue weighted by molar-refractivity contribution is 6.24. The molecule has 2 saturated heterocycles. The lowest BCUT2D eigenvalue weighted by Gasteiger charge is -2.49. The Morgan fingerprint density at radius 1 is 1.14 bits per heavy atom. The SMILES string of the molecule is C=C/C=C(\C=C)COC1=C(c2c(C)cc(C)cc2C)C(=O)N(CC2(C)COC2)C12CCN(OC)CC2. The monoisotopic (exact) mass is 492 g/mol. The number of hydrogen-bond donors (Lipinski definition) is 0. The highest BCUT2D eigenvalue weighted by Crippen LogP contribution is 2.49. The van der Waals surface area contributed by atoms with Crippen molar-refractivity contribution in [2.45, 2.75) is 46.1 Å². The standard InChI is InChI=1S/C30H40N2O4/c1-8-10-24(9-2)17-36-27-26(25-22(4)15-21(3)16-23(25)5)28(33)32(18-29(6)19-35-20-29)30(27)11-13-31(34-7)14-12-30/h8-10,15-16H,1-2,11-14,17-20H2,3-7H3/b24-10+. The van der Waals surface area contributed by atoms with E-state index in [1.54, 1.807) is 19.3 Å². The van der Waals surface area contributed by atoms with Crippen molar-refractivity contribution in [2.24, 2.45) is 5.41 Å². The van der Waals surface area contributed by atoms with Gasteiger partial charge in [0.1, 0.15) is 17.9 Å². The molecule has 6 heteroatoms. The lowest BCUT2D eigenvalue weighted by molar-refractivity contribution is -0.174. The zero-order chi connectivity index (χ0) is 26.1. The Morgan fingerprint density at radius 3 is 2.28 bits per heavy atom. The molecule has 6 nitrogen and oxygen atoms in total. The van der Waals surface area contributed by atoms with Gasteiger partial charge in [0.25, 0.3) is 5.91 Å². The maximum Gasteiger partial charge on any atom is 0.258 e. The number of amides is 1. The van der Waals surface area contributed by atoms with E-state index in [0.29, 0.717) is 31.9 Å². The highest BCUT2D eigenvalue weighted by Gasteiger charge is 2.57. The summed E-state index contributed by atoms with van der Waals surface area (Å²) in [6, 6.07) is 4.30. The van der Waals surface area contributed by atoms with Gasteiger partial charge in [-0.25, -0.2) is 0 Å². The molecule has 0 radical (unpaired) electrons. The molecule has 0 saturated carbocycles.